The van der Waals surface area contributed by atoms with E-state index in [2.05, 4.69) is 15.5 Å². The van der Waals surface area contributed by atoms with E-state index in [0.29, 0.717) is 12.5 Å². The van der Waals surface area contributed by atoms with Crippen LogP contribution in [0.3, 0.4) is 0 Å². The highest BCUT2D eigenvalue weighted by Gasteiger charge is 2.21. The molecule has 0 bridgehead atoms. The van der Waals surface area contributed by atoms with Gasteiger partial charge >= 0.3 is 0 Å². The number of piperidine rings is 2. The topological polar surface area (TPSA) is 53.6 Å². The molecule has 0 unspecified atom stereocenters. The minimum Gasteiger partial charge on any atom is -0.385 e. The van der Waals surface area contributed by atoms with Crippen LogP contribution < -0.4 is 10.6 Å². The van der Waals surface area contributed by atoms with Crippen molar-refractivity contribution in [1.82, 2.24) is 15.5 Å². The average Bonchev–Trinajstić information content (AvgIpc) is 2.56. The van der Waals surface area contributed by atoms with Crippen LogP contribution in [0.25, 0.3) is 0 Å². The van der Waals surface area contributed by atoms with E-state index in [1.807, 2.05) is 0 Å². The highest BCUT2D eigenvalue weighted by atomic mass is 35.5. The van der Waals surface area contributed by atoms with Gasteiger partial charge in [-0.1, -0.05) is 0 Å². The van der Waals surface area contributed by atoms with Crippen molar-refractivity contribution in [2.24, 2.45) is 5.92 Å². The Morgan fingerprint density at radius 2 is 1.83 bits per heavy atom. The maximum atomic E-state index is 12.1. The fourth-order valence-electron chi connectivity index (χ4n) is 3.54. The standard InChI is InChI=1S/C17H33N3O2.2ClH/c1-22-14-2-11-20-12-7-16(8-13-20)19-17(21)4-3-15-5-9-18-10-6-15;;/h15-16,18H,2-14H2,1H3,(H,19,21);2*1H. The number of carbonyl (C=O) groups is 1. The molecule has 2 N–H and O–H groups in total. The summed E-state index contributed by atoms with van der Waals surface area (Å²) in [6.45, 7) is 6.39. The number of carbonyl (C=O) groups excluding carboxylic acids is 1. The van der Waals surface area contributed by atoms with Gasteiger partial charge in [-0.2, -0.15) is 0 Å². The lowest BCUT2D eigenvalue weighted by Gasteiger charge is -2.32. The first-order valence-corrected chi connectivity index (χ1v) is 8.99. The second-order valence-electron chi connectivity index (χ2n) is 6.76. The van der Waals surface area contributed by atoms with Gasteiger partial charge in [0.05, 0.1) is 0 Å². The van der Waals surface area contributed by atoms with Gasteiger partial charge in [-0.15, -0.1) is 24.8 Å². The van der Waals surface area contributed by atoms with Crippen LogP contribution in [0.4, 0.5) is 0 Å². The van der Waals surface area contributed by atoms with Crippen LogP contribution in [0.5, 0.6) is 0 Å². The molecule has 0 aromatic heterocycles. The Hall–Kier alpha value is -0.0700. The van der Waals surface area contributed by atoms with Crippen LogP contribution in [0, 0.1) is 5.92 Å². The lowest BCUT2D eigenvalue weighted by Crippen LogP contribution is -2.45. The Balaban J connectivity index is 0.00000264. The first kappa shape index (κ1) is 23.9. The van der Waals surface area contributed by atoms with Crippen LogP contribution in [0.2, 0.25) is 0 Å². The number of ether oxygens (including phenoxy) is 1. The van der Waals surface area contributed by atoms with Crippen molar-refractivity contribution < 1.29 is 9.53 Å². The molecule has 0 atom stereocenters. The summed E-state index contributed by atoms with van der Waals surface area (Å²) in [5.41, 5.74) is 0. The molecule has 144 valence electrons. The van der Waals surface area contributed by atoms with Gasteiger partial charge in [0, 0.05) is 45.8 Å². The third-order valence-electron chi connectivity index (χ3n) is 5.01. The molecule has 0 radical (unpaired) electrons. The fraction of sp³-hybridized carbons (Fsp3) is 0.941. The number of amides is 1. The van der Waals surface area contributed by atoms with Crippen LogP contribution in [0.1, 0.15) is 44.9 Å². The van der Waals surface area contributed by atoms with E-state index < -0.39 is 0 Å². The molecular weight excluding hydrogens is 349 g/mol. The zero-order chi connectivity index (χ0) is 15.6. The molecule has 2 heterocycles. The van der Waals surface area contributed by atoms with E-state index in [4.69, 9.17) is 4.74 Å². The Morgan fingerprint density at radius 1 is 1.17 bits per heavy atom. The molecule has 2 fully saturated rings. The van der Waals surface area contributed by atoms with Gasteiger partial charge < -0.3 is 20.3 Å². The summed E-state index contributed by atoms with van der Waals surface area (Å²) in [6.07, 6.45) is 7.50. The molecule has 0 saturated carbocycles. The minimum atomic E-state index is 0. The largest absolute Gasteiger partial charge is 0.385 e. The predicted molar refractivity (Wildman–Crippen MR) is 103 cm³/mol. The third-order valence-corrected chi connectivity index (χ3v) is 5.01. The lowest BCUT2D eigenvalue weighted by atomic mass is 9.93. The van der Waals surface area contributed by atoms with Crippen LogP contribution in [-0.2, 0) is 9.53 Å². The SMILES string of the molecule is COCCCN1CCC(NC(=O)CCC2CCNCC2)CC1.Cl.Cl. The molecule has 0 aromatic rings. The van der Waals surface area contributed by atoms with Crippen molar-refractivity contribution in [2.75, 3.05) is 46.4 Å². The summed E-state index contributed by atoms with van der Waals surface area (Å²) in [5, 5.41) is 6.62. The third kappa shape index (κ3) is 9.42. The Bertz CT molecular complexity index is 321. The van der Waals surface area contributed by atoms with Crippen LogP contribution in [0.15, 0.2) is 0 Å². The Morgan fingerprint density at radius 3 is 2.46 bits per heavy atom. The summed E-state index contributed by atoms with van der Waals surface area (Å²) in [6, 6.07) is 0.388. The monoisotopic (exact) mass is 383 g/mol. The van der Waals surface area contributed by atoms with Gasteiger partial charge in [-0.25, -0.2) is 0 Å². The number of nitrogens with one attached hydrogen (secondary N) is 2. The van der Waals surface area contributed by atoms with Crippen molar-refractivity contribution >= 4 is 30.7 Å². The molecule has 0 aromatic carbocycles. The number of methoxy groups -OCH3 is 1. The van der Waals surface area contributed by atoms with E-state index in [0.717, 1.165) is 70.9 Å². The lowest BCUT2D eigenvalue weighted by molar-refractivity contribution is -0.122. The summed E-state index contributed by atoms with van der Waals surface area (Å²) in [4.78, 5) is 14.6. The van der Waals surface area contributed by atoms with Gasteiger partial charge in [0.25, 0.3) is 0 Å². The molecule has 2 rings (SSSR count). The van der Waals surface area contributed by atoms with E-state index in [1.54, 1.807) is 7.11 Å². The normalized spacial score (nSPS) is 20.0. The Labute approximate surface area is 159 Å². The van der Waals surface area contributed by atoms with Crippen molar-refractivity contribution in [2.45, 2.75) is 51.0 Å². The number of nitrogens with zero attached hydrogens (tertiary/aromatic N) is 1. The fourth-order valence-corrected chi connectivity index (χ4v) is 3.54. The van der Waals surface area contributed by atoms with Gasteiger partial charge in [0.1, 0.15) is 0 Å². The van der Waals surface area contributed by atoms with E-state index in [-0.39, 0.29) is 30.7 Å². The second kappa shape index (κ2) is 14.1. The van der Waals surface area contributed by atoms with Crippen molar-refractivity contribution in [3.05, 3.63) is 0 Å². The summed E-state index contributed by atoms with van der Waals surface area (Å²) in [5.74, 6) is 1.01. The van der Waals surface area contributed by atoms with E-state index in [1.165, 1.54) is 12.8 Å². The predicted octanol–water partition coefficient (Wildman–Crippen LogP) is 2.23. The smallest absolute Gasteiger partial charge is 0.220 e. The molecule has 1 amide bonds. The minimum absolute atomic E-state index is 0. The molecule has 0 spiro atoms. The zero-order valence-corrected chi connectivity index (χ0v) is 16.6. The highest BCUT2D eigenvalue weighted by Crippen LogP contribution is 2.18. The summed E-state index contributed by atoms with van der Waals surface area (Å²) < 4.78 is 5.10. The molecule has 24 heavy (non-hydrogen) atoms. The number of halogens is 2. The molecule has 5 nitrogen and oxygen atoms in total. The molecule has 2 saturated heterocycles. The van der Waals surface area contributed by atoms with Gasteiger partial charge in [-0.05, 0) is 57.5 Å². The molecule has 2 aliphatic heterocycles. The molecule has 0 aliphatic carbocycles. The first-order chi connectivity index (χ1) is 10.8. The maximum absolute atomic E-state index is 12.1. The van der Waals surface area contributed by atoms with Gasteiger partial charge in [0.15, 0.2) is 0 Å². The average molecular weight is 384 g/mol. The molecular formula is C17H35Cl2N3O2. The highest BCUT2D eigenvalue weighted by molar-refractivity contribution is 5.85. The van der Waals surface area contributed by atoms with Crippen molar-refractivity contribution in [3.63, 3.8) is 0 Å². The van der Waals surface area contributed by atoms with Crippen molar-refractivity contribution in [3.8, 4) is 0 Å². The maximum Gasteiger partial charge on any atom is 0.220 e. The number of hydrogen-bond acceptors (Lipinski definition) is 4. The number of rotatable bonds is 8. The number of likely N-dealkylation sites (tertiary alicyclic amines) is 1. The number of hydrogen-bond donors (Lipinski definition) is 2. The van der Waals surface area contributed by atoms with E-state index in [9.17, 15) is 4.79 Å². The van der Waals surface area contributed by atoms with Crippen molar-refractivity contribution in [1.29, 1.82) is 0 Å². The van der Waals surface area contributed by atoms with Crippen LogP contribution >= 0.6 is 24.8 Å². The van der Waals surface area contributed by atoms with Gasteiger partial charge in [-0.3, -0.25) is 4.79 Å². The molecule has 2 aliphatic rings. The molecule has 7 heteroatoms. The summed E-state index contributed by atoms with van der Waals surface area (Å²) >= 11 is 0. The first-order valence-electron chi connectivity index (χ1n) is 8.99. The van der Waals surface area contributed by atoms with E-state index >= 15 is 0 Å². The zero-order valence-electron chi connectivity index (χ0n) is 14.9. The summed E-state index contributed by atoms with van der Waals surface area (Å²) in [7, 11) is 1.76. The quantitative estimate of drug-likeness (QED) is 0.631. The second-order valence-corrected chi connectivity index (χ2v) is 6.76. The van der Waals surface area contributed by atoms with Crippen LogP contribution in [-0.4, -0.2) is 63.3 Å². The Kier molecular flexibility index (Phi) is 14.1. The van der Waals surface area contributed by atoms with Gasteiger partial charge in [0.2, 0.25) is 5.91 Å².